The summed E-state index contributed by atoms with van der Waals surface area (Å²) in [4.78, 5) is 11.6. The van der Waals surface area contributed by atoms with Gasteiger partial charge in [-0.25, -0.2) is 18.4 Å². The third-order valence-electron chi connectivity index (χ3n) is 2.87. The van der Waals surface area contributed by atoms with Gasteiger partial charge in [-0.05, 0) is 42.5 Å². The van der Waals surface area contributed by atoms with Crippen molar-refractivity contribution in [3.8, 4) is 5.75 Å². The Morgan fingerprint density at radius 3 is 2.33 bits per heavy atom. The van der Waals surface area contributed by atoms with Crippen LogP contribution in [-0.4, -0.2) is 27.6 Å². The molecule has 0 heterocycles. The highest BCUT2D eigenvalue weighted by Gasteiger charge is 2.17. The zero-order valence-corrected chi connectivity index (χ0v) is 14.6. The van der Waals surface area contributed by atoms with Gasteiger partial charge in [0, 0.05) is 5.02 Å². The van der Waals surface area contributed by atoms with Gasteiger partial charge in [0.05, 0.1) is 10.6 Å². The lowest BCUT2D eigenvalue weighted by molar-refractivity contribution is 0.0450. The monoisotopic (exact) mass is 389 g/mol. The number of esters is 1. The van der Waals surface area contributed by atoms with E-state index in [4.69, 9.17) is 37.8 Å². The summed E-state index contributed by atoms with van der Waals surface area (Å²) in [6.45, 7) is 0.109. The van der Waals surface area contributed by atoms with E-state index in [1.54, 1.807) is 24.3 Å². The van der Waals surface area contributed by atoms with E-state index >= 15 is 0 Å². The summed E-state index contributed by atoms with van der Waals surface area (Å²) in [5, 5.41) is 5.55. The Kier molecular flexibility index (Phi) is 6.06. The molecular formula is C15H13Cl2NO5S. The molecule has 2 aromatic rings. The van der Waals surface area contributed by atoms with E-state index in [2.05, 4.69) is 0 Å². The largest absolute Gasteiger partial charge is 0.490 e. The molecule has 0 spiro atoms. The van der Waals surface area contributed by atoms with Crippen LogP contribution in [0.15, 0.2) is 47.4 Å². The van der Waals surface area contributed by atoms with Gasteiger partial charge in [0.2, 0.25) is 10.0 Å². The van der Waals surface area contributed by atoms with Crippen LogP contribution in [0.2, 0.25) is 10.0 Å². The molecule has 9 heteroatoms. The van der Waals surface area contributed by atoms with Crippen molar-refractivity contribution < 1.29 is 22.7 Å². The van der Waals surface area contributed by atoms with E-state index in [0.717, 1.165) is 6.07 Å². The van der Waals surface area contributed by atoms with E-state index in [1.807, 2.05) is 0 Å². The molecule has 128 valence electrons. The van der Waals surface area contributed by atoms with Crippen LogP contribution in [0.5, 0.6) is 5.75 Å². The van der Waals surface area contributed by atoms with Crippen molar-refractivity contribution in [2.75, 3.05) is 13.2 Å². The molecule has 2 N–H and O–H groups in total. The molecule has 0 fully saturated rings. The fourth-order valence-corrected chi connectivity index (χ4v) is 2.95. The number of nitrogens with two attached hydrogens (primary N) is 1. The first kappa shape index (κ1) is 18.5. The maximum Gasteiger partial charge on any atom is 0.338 e. The fourth-order valence-electron chi connectivity index (χ4n) is 1.76. The second-order valence-electron chi connectivity index (χ2n) is 4.63. The Morgan fingerprint density at radius 2 is 1.71 bits per heavy atom. The van der Waals surface area contributed by atoms with Crippen LogP contribution in [0.25, 0.3) is 0 Å². The van der Waals surface area contributed by atoms with Crippen molar-refractivity contribution in [3.63, 3.8) is 0 Å². The molecule has 0 amide bonds. The fraction of sp³-hybridized carbons (Fsp3) is 0.133. The van der Waals surface area contributed by atoms with Crippen LogP contribution in [0.4, 0.5) is 0 Å². The molecule has 2 aromatic carbocycles. The number of carbonyl (C=O) groups is 1. The summed E-state index contributed by atoms with van der Waals surface area (Å²) < 4.78 is 33.1. The molecule has 0 aromatic heterocycles. The number of benzene rings is 2. The smallest absolute Gasteiger partial charge is 0.338 e. The Labute approximate surface area is 149 Å². The zero-order valence-electron chi connectivity index (χ0n) is 12.2. The molecule has 0 atom stereocenters. The molecule has 0 saturated carbocycles. The second-order valence-corrected chi connectivity index (χ2v) is 7.00. The molecule has 2 rings (SSSR count). The number of halogens is 2. The molecule has 0 saturated heterocycles. The highest BCUT2D eigenvalue weighted by atomic mass is 35.5. The van der Waals surface area contributed by atoms with Crippen molar-refractivity contribution in [2.24, 2.45) is 5.14 Å². The summed E-state index contributed by atoms with van der Waals surface area (Å²) in [5.41, 5.74) is 0.0231. The second kappa shape index (κ2) is 7.85. The van der Waals surface area contributed by atoms with Crippen molar-refractivity contribution in [2.45, 2.75) is 4.90 Å². The van der Waals surface area contributed by atoms with Gasteiger partial charge in [0.1, 0.15) is 23.9 Å². The Hall–Kier alpha value is -1.80. The maximum absolute atomic E-state index is 11.9. The Morgan fingerprint density at radius 1 is 1.04 bits per heavy atom. The molecule has 0 aliphatic rings. The molecule has 24 heavy (non-hydrogen) atoms. The minimum absolute atomic E-state index is 0.0191. The van der Waals surface area contributed by atoms with Gasteiger partial charge >= 0.3 is 5.97 Å². The van der Waals surface area contributed by atoms with Crippen LogP contribution in [0.3, 0.4) is 0 Å². The van der Waals surface area contributed by atoms with E-state index < -0.39 is 16.0 Å². The number of rotatable bonds is 6. The standard InChI is InChI=1S/C15H13Cl2NO5S/c16-11-2-4-12(5-3-11)22-7-8-23-15(19)10-1-6-13(17)14(9-10)24(18,20)21/h1-6,9H,7-8H2,(H2,18,20,21). The highest BCUT2D eigenvalue weighted by Crippen LogP contribution is 2.22. The topological polar surface area (TPSA) is 95.7 Å². The van der Waals surface area contributed by atoms with Crippen LogP contribution in [0.1, 0.15) is 10.4 Å². The van der Waals surface area contributed by atoms with Crippen molar-refractivity contribution >= 4 is 39.2 Å². The average molecular weight is 390 g/mol. The highest BCUT2D eigenvalue weighted by molar-refractivity contribution is 7.89. The number of hydrogen-bond donors (Lipinski definition) is 1. The molecule has 0 unspecified atom stereocenters. The van der Waals surface area contributed by atoms with Crippen LogP contribution in [0, 0.1) is 0 Å². The Bertz CT molecular complexity index is 837. The van der Waals surface area contributed by atoms with Gasteiger partial charge in [0.15, 0.2) is 0 Å². The Balaban J connectivity index is 1.92. The van der Waals surface area contributed by atoms with E-state index in [1.165, 1.54) is 12.1 Å². The van der Waals surface area contributed by atoms with Crippen molar-refractivity contribution in [1.29, 1.82) is 0 Å². The van der Waals surface area contributed by atoms with E-state index in [9.17, 15) is 13.2 Å². The summed E-state index contributed by atoms with van der Waals surface area (Å²) in [7, 11) is -4.03. The lowest BCUT2D eigenvalue weighted by Gasteiger charge is -2.08. The molecule has 0 aliphatic heterocycles. The first-order chi connectivity index (χ1) is 11.3. The van der Waals surface area contributed by atoms with Crippen LogP contribution < -0.4 is 9.88 Å². The summed E-state index contributed by atoms with van der Waals surface area (Å²) >= 11 is 11.5. The maximum atomic E-state index is 11.9. The quantitative estimate of drug-likeness (QED) is 0.605. The molecule has 0 bridgehead atoms. The van der Waals surface area contributed by atoms with Crippen LogP contribution >= 0.6 is 23.2 Å². The first-order valence-corrected chi connectivity index (χ1v) is 8.95. The third kappa shape index (κ3) is 5.10. The summed E-state index contributed by atoms with van der Waals surface area (Å²) in [6, 6.07) is 10.4. The number of primary sulfonamides is 1. The van der Waals surface area contributed by atoms with Gasteiger partial charge in [-0.15, -0.1) is 0 Å². The van der Waals surface area contributed by atoms with Gasteiger partial charge in [0.25, 0.3) is 0 Å². The van der Waals surface area contributed by atoms with Crippen molar-refractivity contribution in [1.82, 2.24) is 0 Å². The average Bonchev–Trinajstić information content (AvgIpc) is 2.52. The third-order valence-corrected chi connectivity index (χ3v) is 4.52. The molecule has 0 radical (unpaired) electrons. The first-order valence-electron chi connectivity index (χ1n) is 6.65. The molecule has 6 nitrogen and oxygen atoms in total. The van der Waals surface area contributed by atoms with Crippen LogP contribution in [-0.2, 0) is 14.8 Å². The van der Waals surface area contributed by atoms with Gasteiger partial charge in [-0.1, -0.05) is 23.2 Å². The zero-order chi connectivity index (χ0) is 17.7. The van der Waals surface area contributed by atoms with Crippen molar-refractivity contribution in [3.05, 3.63) is 58.1 Å². The number of hydrogen-bond acceptors (Lipinski definition) is 5. The van der Waals surface area contributed by atoms with E-state index in [-0.39, 0.29) is 28.7 Å². The molecule has 0 aliphatic carbocycles. The minimum atomic E-state index is -4.03. The number of ether oxygens (including phenoxy) is 2. The number of sulfonamides is 1. The van der Waals surface area contributed by atoms with Gasteiger partial charge in [-0.3, -0.25) is 0 Å². The van der Waals surface area contributed by atoms with Gasteiger partial charge in [-0.2, -0.15) is 0 Å². The predicted molar refractivity (Wildman–Crippen MR) is 90.1 cm³/mol. The SMILES string of the molecule is NS(=O)(=O)c1cc(C(=O)OCCOc2ccc(Cl)cc2)ccc1Cl. The predicted octanol–water partition coefficient (Wildman–Crippen LogP) is 2.88. The normalized spacial score (nSPS) is 11.1. The lowest BCUT2D eigenvalue weighted by Crippen LogP contribution is -2.15. The van der Waals surface area contributed by atoms with Gasteiger partial charge < -0.3 is 9.47 Å². The summed E-state index contributed by atoms with van der Waals surface area (Å²) in [5.74, 6) is -0.130. The minimum Gasteiger partial charge on any atom is -0.490 e. The lowest BCUT2D eigenvalue weighted by atomic mass is 10.2. The van der Waals surface area contributed by atoms with E-state index in [0.29, 0.717) is 10.8 Å². The number of carbonyl (C=O) groups excluding carboxylic acids is 1. The summed E-state index contributed by atoms with van der Waals surface area (Å²) in [6.07, 6.45) is 0. The molecular weight excluding hydrogens is 377 g/mol.